The lowest BCUT2D eigenvalue weighted by Crippen LogP contribution is -2.02. The van der Waals surface area contributed by atoms with Crippen molar-refractivity contribution in [1.29, 1.82) is 0 Å². The monoisotopic (exact) mass is 363 g/mol. The molecule has 4 aromatic rings. The molecule has 3 aromatic heterocycles. The molecule has 7 heteroatoms. The van der Waals surface area contributed by atoms with Gasteiger partial charge in [-0.05, 0) is 37.6 Å². The van der Waals surface area contributed by atoms with Crippen LogP contribution in [0.15, 0.2) is 64.5 Å². The Bertz CT molecular complexity index is 1030. The molecule has 4 rings (SSSR count). The third kappa shape index (κ3) is 3.25. The highest BCUT2D eigenvalue weighted by atomic mass is 32.2. The molecule has 130 valence electrons. The Morgan fingerprint density at radius 3 is 2.58 bits per heavy atom. The summed E-state index contributed by atoms with van der Waals surface area (Å²) in [7, 11) is 0. The van der Waals surface area contributed by atoms with Gasteiger partial charge in [-0.3, -0.25) is 9.55 Å². The van der Waals surface area contributed by atoms with Gasteiger partial charge >= 0.3 is 0 Å². The molecule has 3 heterocycles. The van der Waals surface area contributed by atoms with E-state index in [1.807, 2.05) is 37.3 Å². The minimum absolute atomic E-state index is 0.664. The van der Waals surface area contributed by atoms with Crippen molar-refractivity contribution in [3.63, 3.8) is 0 Å². The second kappa shape index (κ2) is 7.13. The van der Waals surface area contributed by atoms with E-state index in [1.165, 1.54) is 0 Å². The van der Waals surface area contributed by atoms with Crippen LogP contribution >= 0.6 is 11.8 Å². The predicted octanol–water partition coefficient (Wildman–Crippen LogP) is 4.23. The number of aromatic nitrogens is 5. The highest BCUT2D eigenvalue weighted by molar-refractivity contribution is 7.98. The number of thioether (sulfide) groups is 1. The van der Waals surface area contributed by atoms with Gasteiger partial charge in [-0.2, -0.15) is 0 Å². The van der Waals surface area contributed by atoms with Gasteiger partial charge in [0.15, 0.2) is 11.0 Å². The molecule has 0 atom stereocenters. The molecule has 0 aliphatic carbocycles. The first-order chi connectivity index (χ1) is 12.7. The number of pyridine rings is 1. The summed E-state index contributed by atoms with van der Waals surface area (Å²) in [5.74, 6) is 2.26. The molecular formula is C19H17N5OS. The van der Waals surface area contributed by atoms with Crippen LogP contribution in [0.1, 0.15) is 17.0 Å². The first kappa shape index (κ1) is 16.5. The number of para-hydroxylation sites is 1. The largest absolute Gasteiger partial charge is 0.361 e. The molecule has 0 aliphatic rings. The lowest BCUT2D eigenvalue weighted by molar-refractivity contribution is 0.393. The standard InChI is InChI=1S/C19H17N5OS/c1-13-5-3-4-6-17(13)24-18(15-7-9-20-10-8-15)21-22-19(24)26-12-16-11-14(2)25-23-16/h3-11H,12H2,1-2H3. The Morgan fingerprint density at radius 2 is 1.85 bits per heavy atom. The topological polar surface area (TPSA) is 69.6 Å². The minimum Gasteiger partial charge on any atom is -0.361 e. The number of hydrogen-bond donors (Lipinski definition) is 0. The number of nitrogens with zero attached hydrogens (tertiary/aromatic N) is 5. The van der Waals surface area contributed by atoms with Crippen LogP contribution in [0.3, 0.4) is 0 Å². The van der Waals surface area contributed by atoms with Crippen LogP contribution < -0.4 is 0 Å². The lowest BCUT2D eigenvalue weighted by atomic mass is 10.2. The fraction of sp³-hybridized carbons (Fsp3) is 0.158. The maximum atomic E-state index is 5.15. The second-order valence-corrected chi connectivity index (χ2v) is 6.82. The van der Waals surface area contributed by atoms with Crippen molar-refractivity contribution >= 4 is 11.8 Å². The fourth-order valence-electron chi connectivity index (χ4n) is 2.71. The molecule has 0 N–H and O–H groups in total. The summed E-state index contributed by atoms with van der Waals surface area (Å²) >= 11 is 1.58. The molecule has 26 heavy (non-hydrogen) atoms. The van der Waals surface area contributed by atoms with Crippen molar-refractivity contribution in [2.24, 2.45) is 0 Å². The number of benzene rings is 1. The summed E-state index contributed by atoms with van der Waals surface area (Å²) < 4.78 is 7.23. The van der Waals surface area contributed by atoms with Crippen molar-refractivity contribution in [1.82, 2.24) is 24.9 Å². The number of hydrogen-bond acceptors (Lipinski definition) is 6. The zero-order chi connectivity index (χ0) is 17.9. The van der Waals surface area contributed by atoms with E-state index in [2.05, 4.69) is 44.0 Å². The first-order valence-corrected chi connectivity index (χ1v) is 9.18. The van der Waals surface area contributed by atoms with Gasteiger partial charge in [0.05, 0.1) is 11.4 Å². The average Bonchev–Trinajstić information content (AvgIpc) is 3.27. The third-order valence-electron chi connectivity index (χ3n) is 3.95. The van der Waals surface area contributed by atoms with E-state index in [9.17, 15) is 0 Å². The summed E-state index contributed by atoms with van der Waals surface area (Å²) in [6, 6.07) is 14.0. The molecular weight excluding hydrogens is 346 g/mol. The minimum atomic E-state index is 0.664. The van der Waals surface area contributed by atoms with Crippen LogP contribution in [0.4, 0.5) is 0 Å². The zero-order valence-electron chi connectivity index (χ0n) is 14.5. The van der Waals surface area contributed by atoms with E-state index >= 15 is 0 Å². The van der Waals surface area contributed by atoms with E-state index in [4.69, 9.17) is 4.52 Å². The molecule has 0 amide bonds. The second-order valence-electron chi connectivity index (χ2n) is 5.88. The molecule has 0 unspecified atom stereocenters. The van der Waals surface area contributed by atoms with Crippen molar-refractivity contribution in [3.8, 4) is 17.1 Å². The van der Waals surface area contributed by atoms with Crippen LogP contribution in [-0.4, -0.2) is 24.9 Å². The molecule has 0 radical (unpaired) electrons. The van der Waals surface area contributed by atoms with Crippen LogP contribution in [0.5, 0.6) is 0 Å². The molecule has 0 saturated heterocycles. The van der Waals surface area contributed by atoms with Crippen molar-refractivity contribution < 1.29 is 4.52 Å². The van der Waals surface area contributed by atoms with Crippen molar-refractivity contribution in [2.75, 3.05) is 0 Å². The van der Waals surface area contributed by atoms with E-state index in [0.29, 0.717) is 5.75 Å². The van der Waals surface area contributed by atoms with E-state index in [1.54, 1.807) is 24.2 Å². The first-order valence-electron chi connectivity index (χ1n) is 8.19. The zero-order valence-corrected chi connectivity index (χ0v) is 15.3. The van der Waals surface area contributed by atoms with E-state index in [-0.39, 0.29) is 0 Å². The normalized spacial score (nSPS) is 11.0. The van der Waals surface area contributed by atoms with Crippen LogP contribution in [0, 0.1) is 13.8 Å². The molecule has 0 spiro atoms. The lowest BCUT2D eigenvalue weighted by Gasteiger charge is -2.12. The highest BCUT2D eigenvalue weighted by Crippen LogP contribution is 2.30. The Morgan fingerprint density at radius 1 is 1.04 bits per heavy atom. The Hall–Kier alpha value is -2.93. The maximum Gasteiger partial charge on any atom is 0.196 e. The van der Waals surface area contributed by atoms with E-state index in [0.717, 1.165) is 39.2 Å². The smallest absolute Gasteiger partial charge is 0.196 e. The molecule has 0 bridgehead atoms. The van der Waals surface area contributed by atoms with Gasteiger partial charge in [0, 0.05) is 29.8 Å². The summed E-state index contributed by atoms with van der Waals surface area (Å²) in [5.41, 5.74) is 4.07. The maximum absolute atomic E-state index is 5.15. The number of aryl methyl sites for hydroxylation is 2. The summed E-state index contributed by atoms with van der Waals surface area (Å²) in [6.07, 6.45) is 3.52. The van der Waals surface area contributed by atoms with Gasteiger partial charge < -0.3 is 4.52 Å². The highest BCUT2D eigenvalue weighted by Gasteiger charge is 2.18. The molecule has 6 nitrogen and oxygen atoms in total. The Labute approximate surface area is 155 Å². The Balaban J connectivity index is 1.77. The fourth-order valence-corrected chi connectivity index (χ4v) is 3.53. The third-order valence-corrected chi connectivity index (χ3v) is 4.92. The predicted molar refractivity (Wildman–Crippen MR) is 100 cm³/mol. The average molecular weight is 363 g/mol. The molecule has 1 aromatic carbocycles. The SMILES string of the molecule is Cc1cc(CSc2nnc(-c3ccncc3)n2-c2ccccc2C)no1. The molecule has 0 aliphatic heterocycles. The van der Waals surface area contributed by atoms with Crippen LogP contribution in [0.25, 0.3) is 17.1 Å². The van der Waals surface area contributed by atoms with Gasteiger partial charge in [-0.25, -0.2) is 0 Å². The summed E-state index contributed by atoms with van der Waals surface area (Å²) in [5, 5.41) is 13.7. The molecule has 0 fully saturated rings. The quantitative estimate of drug-likeness (QED) is 0.494. The van der Waals surface area contributed by atoms with Gasteiger partial charge in [0.2, 0.25) is 0 Å². The van der Waals surface area contributed by atoms with Gasteiger partial charge in [-0.15, -0.1) is 10.2 Å². The van der Waals surface area contributed by atoms with Crippen molar-refractivity contribution in [2.45, 2.75) is 24.8 Å². The Kier molecular flexibility index (Phi) is 4.53. The summed E-state index contributed by atoms with van der Waals surface area (Å²) in [6.45, 7) is 3.97. The van der Waals surface area contributed by atoms with Gasteiger partial charge in [-0.1, -0.05) is 35.1 Å². The van der Waals surface area contributed by atoms with Crippen molar-refractivity contribution in [3.05, 3.63) is 71.9 Å². The van der Waals surface area contributed by atoms with Gasteiger partial charge in [0.25, 0.3) is 0 Å². The van der Waals surface area contributed by atoms with E-state index < -0.39 is 0 Å². The number of rotatable bonds is 5. The van der Waals surface area contributed by atoms with Crippen LogP contribution in [0.2, 0.25) is 0 Å². The summed E-state index contributed by atoms with van der Waals surface area (Å²) in [4.78, 5) is 4.09. The van der Waals surface area contributed by atoms with Gasteiger partial charge in [0.1, 0.15) is 5.76 Å². The van der Waals surface area contributed by atoms with Crippen LogP contribution in [-0.2, 0) is 5.75 Å². The molecule has 0 saturated carbocycles.